The molecule has 0 bridgehead atoms. The molecule has 0 amide bonds. The van der Waals surface area contributed by atoms with Crippen LogP contribution in [-0.4, -0.2) is 84.1 Å². The summed E-state index contributed by atoms with van der Waals surface area (Å²) in [6.45, 7) is 2.14. The monoisotopic (exact) mass is 1560 g/mol. The fourth-order valence-electron chi connectivity index (χ4n) is 12.9. The Morgan fingerprint density at radius 3 is 1.11 bits per heavy atom. The van der Waals surface area contributed by atoms with Crippen LogP contribution in [0.5, 0.6) is 17.2 Å². The fraction of sp³-hybridized carbons (Fsp3) is 0.417. The van der Waals surface area contributed by atoms with Crippen molar-refractivity contribution in [2.24, 2.45) is 0 Å². The van der Waals surface area contributed by atoms with E-state index in [4.69, 9.17) is 23.3 Å². The van der Waals surface area contributed by atoms with E-state index in [1.54, 1.807) is 31.9 Å². The molecule has 4 aliphatic rings. The molecule has 483 valence electrons. The van der Waals surface area contributed by atoms with Gasteiger partial charge in [-0.15, -0.1) is 18.5 Å². The minimum absolute atomic E-state index is 0. The van der Waals surface area contributed by atoms with Crippen LogP contribution in [-0.2, 0) is 82.9 Å². The molecule has 7 aromatic rings. The van der Waals surface area contributed by atoms with Gasteiger partial charge in [-0.1, -0.05) is 196 Å². The number of benzene rings is 7. The van der Waals surface area contributed by atoms with Crippen molar-refractivity contribution in [1.82, 2.24) is 0 Å². The van der Waals surface area contributed by atoms with Crippen molar-refractivity contribution in [1.29, 1.82) is 0 Å². The first-order chi connectivity index (χ1) is 42.7. The van der Waals surface area contributed by atoms with Crippen molar-refractivity contribution in [3.8, 4) is 39.5 Å². The summed E-state index contributed by atoms with van der Waals surface area (Å²) in [5, 5.41) is 7.26. The van der Waals surface area contributed by atoms with Gasteiger partial charge in [0, 0.05) is 59.3 Å². The van der Waals surface area contributed by atoms with Crippen LogP contribution in [0.15, 0.2) is 164 Å². The molecule has 7 aromatic carbocycles. The molecular weight excluding hydrogens is 1470 g/mol. The van der Waals surface area contributed by atoms with Crippen molar-refractivity contribution in [3.63, 3.8) is 0 Å². The molecule has 0 saturated heterocycles. The Balaban J connectivity index is 0.000000225. The first kappa shape index (κ1) is 77.5. The molecule has 4 fully saturated rings. The second kappa shape index (κ2) is 40.9. The normalized spacial score (nSPS) is 15.8. The van der Waals surface area contributed by atoms with E-state index in [0.29, 0.717) is 0 Å². The first-order valence-corrected chi connectivity index (χ1v) is 38.2. The Bertz CT molecular complexity index is 3270. The fourth-order valence-corrected chi connectivity index (χ4v) is 23.1. The maximum atomic E-state index is 9.33. The number of ether oxygens (including phenoxy) is 3. The minimum atomic E-state index is -4.16. The van der Waals surface area contributed by atoms with Crippen molar-refractivity contribution >= 4 is 71.1 Å². The predicted molar refractivity (Wildman–Crippen MR) is 369 cm³/mol. The van der Waals surface area contributed by atoms with Crippen LogP contribution in [0.4, 0.5) is 0 Å². The Morgan fingerprint density at radius 1 is 0.411 bits per heavy atom. The topological polar surface area (TPSA) is 155 Å². The van der Waals surface area contributed by atoms with Crippen molar-refractivity contribution in [2.45, 2.75) is 158 Å². The zero-order chi connectivity index (χ0) is 62.7. The quantitative estimate of drug-likeness (QED) is 0.0540. The molecule has 4 aliphatic carbocycles. The van der Waals surface area contributed by atoms with Gasteiger partial charge in [0.2, 0.25) is 0 Å². The van der Waals surface area contributed by atoms with Gasteiger partial charge in [-0.05, 0) is 126 Å². The summed E-state index contributed by atoms with van der Waals surface area (Å²) in [4.78, 5) is 0. The number of hydrogen-bond donors (Lipinski definition) is 2. The van der Waals surface area contributed by atoms with E-state index in [2.05, 4.69) is 173 Å². The SMILES string of the molecule is COS(=O)(=O)O.COS(=O)(=O)O.COc1cccc(OC)c1-c1ccccc1P(C1CCCCC1)C1CCCCC1.COc1ccccc1-c1ccccc1P(C1CCCCC1)C1CCCCC1.Cc1cccc(P(c2c[c-]ccc2)c2c[c-]ccc2)c1.[W].[Y]. The summed E-state index contributed by atoms with van der Waals surface area (Å²) >= 11 is 0. The third kappa shape index (κ3) is 23.9. The molecule has 11 rings (SSSR count). The van der Waals surface area contributed by atoms with Gasteiger partial charge in [-0.3, -0.25) is 17.5 Å². The molecule has 18 heteroatoms. The van der Waals surface area contributed by atoms with E-state index in [1.807, 2.05) is 18.2 Å². The standard InChI is InChI=1S/C26H35O2P.C25H33OP.C19H15P.2CH4O4S.W.Y/c1-27-23-17-11-18-24(28-2)26(23)22-16-9-10-19-25(22)29(20-12-5-3-6-13-20)21-14-7-4-8-15-21;1-26-24-18-10-8-16-22(24)23-17-9-11-19-25(23)27(20-12-4-2-5-13-20)21-14-6-3-7-15-21;1-16-9-8-14-19(15-16)20(17-10-4-2-5-11-17)18-12-6-3-7-13-18;2*1-5-6(2,3)4;;/h9-11,16-21H,3-8,12-15H2,1-2H3;8-11,16-21H,2-7,12-15H2,1H3;2-4,6,8-15H,1H3;2*1H3,(H,2,3,4);;/q;;-2;;;;. The zero-order valence-electron chi connectivity index (χ0n) is 53.3. The summed E-state index contributed by atoms with van der Waals surface area (Å²) in [6.07, 6.45) is 28.6. The predicted octanol–water partition coefficient (Wildman–Crippen LogP) is 16.5. The zero-order valence-corrected chi connectivity index (χ0v) is 63.3. The van der Waals surface area contributed by atoms with Gasteiger partial charge in [0.1, 0.15) is 17.2 Å². The van der Waals surface area contributed by atoms with E-state index in [1.165, 1.54) is 167 Å². The Labute approximate surface area is 582 Å². The minimum Gasteiger partial charge on any atom is -0.496 e. The molecule has 2 N–H and O–H groups in total. The van der Waals surface area contributed by atoms with E-state index in [-0.39, 0.29) is 69.6 Å². The molecule has 4 saturated carbocycles. The first-order valence-electron chi connectivity index (χ1n) is 31.1. The Morgan fingerprint density at radius 2 is 0.744 bits per heavy atom. The number of rotatable bonds is 16. The summed E-state index contributed by atoms with van der Waals surface area (Å²) in [5.41, 5.74) is 10.1. The Kier molecular flexibility index (Phi) is 35.2. The average molecular weight is 1560 g/mol. The van der Waals surface area contributed by atoms with Crippen LogP contribution >= 0.6 is 23.8 Å². The van der Waals surface area contributed by atoms with Crippen molar-refractivity contribution in [3.05, 3.63) is 181 Å². The third-order valence-corrected chi connectivity index (χ3v) is 27.2. The van der Waals surface area contributed by atoms with Gasteiger partial charge < -0.3 is 14.2 Å². The van der Waals surface area contributed by atoms with E-state index >= 15 is 0 Å². The van der Waals surface area contributed by atoms with Crippen molar-refractivity contribution in [2.75, 3.05) is 35.5 Å². The molecule has 0 aliphatic heterocycles. The molecule has 0 heterocycles. The van der Waals surface area contributed by atoms with Gasteiger partial charge in [0.05, 0.1) is 41.1 Å². The Hall–Kier alpha value is -3.24. The molecular formula is C72H91O11P3S2WY-2. The van der Waals surface area contributed by atoms with Crippen LogP contribution in [0.2, 0.25) is 0 Å². The second-order valence-corrected chi connectivity index (χ2v) is 32.8. The van der Waals surface area contributed by atoms with Crippen LogP contribution in [0.3, 0.4) is 0 Å². The largest absolute Gasteiger partial charge is 0.496 e. The summed E-state index contributed by atoms with van der Waals surface area (Å²) in [7, 11) is -2.06. The molecule has 11 nitrogen and oxygen atoms in total. The smallest absolute Gasteiger partial charge is 0.397 e. The van der Waals surface area contributed by atoms with Gasteiger partial charge in [-0.2, -0.15) is 77.5 Å². The van der Waals surface area contributed by atoms with Crippen LogP contribution in [0.25, 0.3) is 22.3 Å². The molecule has 0 atom stereocenters. The summed E-state index contributed by atoms with van der Waals surface area (Å²) in [5.74, 6) is 2.84. The van der Waals surface area contributed by atoms with Gasteiger partial charge >= 0.3 is 20.8 Å². The third-order valence-electron chi connectivity index (χ3n) is 16.9. The van der Waals surface area contributed by atoms with Gasteiger partial charge in [0.15, 0.2) is 0 Å². The second-order valence-electron chi connectivity index (χ2n) is 22.6. The molecule has 0 unspecified atom stereocenters. The number of methoxy groups -OCH3 is 3. The number of aryl methyl sites for hydroxylation is 1. The van der Waals surface area contributed by atoms with Gasteiger partial charge in [-0.25, -0.2) is 0 Å². The number of para-hydroxylation sites is 1. The van der Waals surface area contributed by atoms with E-state index < -0.39 is 28.7 Å². The average Bonchev–Trinajstić information content (AvgIpc) is 1.81. The van der Waals surface area contributed by atoms with Crippen molar-refractivity contribution < 1.29 is 102 Å². The maximum absolute atomic E-state index is 9.33. The molecule has 0 spiro atoms. The molecule has 90 heavy (non-hydrogen) atoms. The van der Waals surface area contributed by atoms with Crippen LogP contribution in [0, 0.1) is 19.1 Å². The summed E-state index contributed by atoms with van der Waals surface area (Å²) in [6, 6.07) is 65.0. The molecule has 1 radical (unpaired) electrons. The van der Waals surface area contributed by atoms with E-state index in [9.17, 15) is 16.8 Å². The van der Waals surface area contributed by atoms with Crippen LogP contribution < -0.4 is 40.7 Å². The van der Waals surface area contributed by atoms with Crippen LogP contribution in [0.1, 0.15) is 134 Å². The number of hydrogen-bond acceptors (Lipinski definition) is 9. The molecule has 0 aromatic heterocycles. The maximum Gasteiger partial charge on any atom is 0.397 e. The van der Waals surface area contributed by atoms with Gasteiger partial charge in [0.25, 0.3) is 0 Å². The summed E-state index contributed by atoms with van der Waals surface area (Å²) < 4.78 is 76.7. The van der Waals surface area contributed by atoms with E-state index in [0.717, 1.165) is 59.7 Å².